The van der Waals surface area contributed by atoms with Crippen LogP contribution in [0.15, 0.2) is 41.6 Å². The first-order valence-corrected chi connectivity index (χ1v) is 11.1. The smallest absolute Gasteiger partial charge is 0.265 e. The highest BCUT2D eigenvalue weighted by molar-refractivity contribution is 7.93. The summed E-state index contributed by atoms with van der Waals surface area (Å²) >= 11 is 0. The molecule has 1 aliphatic rings. The second-order valence-corrected chi connectivity index (χ2v) is 9.80. The first-order chi connectivity index (χ1) is 14.6. The number of ether oxygens (including phenoxy) is 1. The number of alkyl halides is 2. The lowest BCUT2D eigenvalue weighted by Crippen LogP contribution is -2.54. The van der Waals surface area contributed by atoms with Crippen LogP contribution in [0.4, 0.5) is 8.78 Å². The molecule has 32 heavy (non-hydrogen) atoms. The Morgan fingerprint density at radius 1 is 1.19 bits per heavy atom. The molecule has 1 aromatic carbocycles. The highest BCUT2D eigenvalue weighted by atomic mass is 35.5. The van der Waals surface area contributed by atoms with Gasteiger partial charge in [0.25, 0.3) is 5.91 Å². The van der Waals surface area contributed by atoms with Crippen LogP contribution in [0.2, 0.25) is 0 Å². The molecule has 2 heterocycles. The number of hydrogen-bond donors (Lipinski definition) is 2. The van der Waals surface area contributed by atoms with Gasteiger partial charge in [0, 0.05) is 31.4 Å². The maximum Gasteiger partial charge on any atom is 0.265 e. The SMILES string of the molecule is CC(F)(F)CCc1cnc(-c2ccc(S(=O)(=O)C3(C(=O)NO)CCOCC3)cc2)cn1.Cl. The van der Waals surface area contributed by atoms with Crippen molar-refractivity contribution in [1.82, 2.24) is 15.4 Å². The normalized spacial score (nSPS) is 16.1. The third-order valence-corrected chi connectivity index (χ3v) is 7.83. The van der Waals surface area contributed by atoms with Crippen molar-refractivity contribution in [2.45, 2.75) is 48.2 Å². The summed E-state index contributed by atoms with van der Waals surface area (Å²) in [5, 5.41) is 9.10. The maximum atomic E-state index is 13.2. The van der Waals surface area contributed by atoms with Crippen LogP contribution in [-0.4, -0.2) is 53.4 Å². The van der Waals surface area contributed by atoms with Gasteiger partial charge in [-0.3, -0.25) is 20.0 Å². The van der Waals surface area contributed by atoms with Crippen molar-refractivity contribution in [3.63, 3.8) is 0 Å². The second kappa shape index (κ2) is 10.2. The molecular formula is C20H24ClF2N3O5S. The van der Waals surface area contributed by atoms with E-state index in [1.54, 1.807) is 0 Å². The summed E-state index contributed by atoms with van der Waals surface area (Å²) in [6.07, 6.45) is 2.45. The van der Waals surface area contributed by atoms with Crippen LogP contribution in [-0.2, 0) is 25.8 Å². The summed E-state index contributed by atoms with van der Waals surface area (Å²) in [7, 11) is -4.12. The van der Waals surface area contributed by atoms with E-state index in [0.29, 0.717) is 17.0 Å². The molecule has 8 nitrogen and oxygen atoms in total. The number of nitrogens with one attached hydrogen (secondary N) is 1. The van der Waals surface area contributed by atoms with Crippen molar-refractivity contribution < 1.29 is 31.9 Å². The average Bonchev–Trinajstić information content (AvgIpc) is 2.77. The van der Waals surface area contributed by atoms with Crippen LogP contribution in [0.1, 0.15) is 31.9 Å². The molecule has 0 bridgehead atoms. The molecule has 1 aromatic heterocycles. The van der Waals surface area contributed by atoms with Crippen LogP contribution in [0.25, 0.3) is 11.3 Å². The number of amides is 1. The molecule has 12 heteroatoms. The Morgan fingerprint density at radius 3 is 2.31 bits per heavy atom. The lowest BCUT2D eigenvalue weighted by atomic mass is 9.98. The number of rotatable bonds is 7. The lowest BCUT2D eigenvalue weighted by Gasteiger charge is -2.34. The first-order valence-electron chi connectivity index (χ1n) is 9.65. The summed E-state index contributed by atoms with van der Waals surface area (Å²) in [6.45, 7) is 1.01. The van der Waals surface area contributed by atoms with E-state index in [2.05, 4.69) is 9.97 Å². The van der Waals surface area contributed by atoms with Crippen LogP contribution < -0.4 is 5.48 Å². The first kappa shape index (κ1) is 26.0. The lowest BCUT2D eigenvalue weighted by molar-refractivity contribution is -0.134. The van der Waals surface area contributed by atoms with Crippen molar-refractivity contribution in [2.75, 3.05) is 13.2 Å². The minimum absolute atomic E-state index is 0. The molecule has 1 aliphatic heterocycles. The van der Waals surface area contributed by atoms with Crippen LogP contribution in [0, 0.1) is 0 Å². The Labute approximate surface area is 190 Å². The molecule has 2 N–H and O–H groups in total. The fourth-order valence-electron chi connectivity index (χ4n) is 3.43. The Morgan fingerprint density at radius 2 is 1.81 bits per heavy atom. The predicted molar refractivity (Wildman–Crippen MR) is 114 cm³/mol. The van der Waals surface area contributed by atoms with Crippen LogP contribution in [0.3, 0.4) is 0 Å². The van der Waals surface area contributed by atoms with Gasteiger partial charge in [-0.05, 0) is 38.3 Å². The van der Waals surface area contributed by atoms with Gasteiger partial charge in [0.2, 0.25) is 5.92 Å². The molecule has 1 amide bonds. The number of carbonyl (C=O) groups is 1. The summed E-state index contributed by atoms with van der Waals surface area (Å²) < 4.78 is 55.8. The Bertz CT molecular complexity index is 1020. The maximum absolute atomic E-state index is 13.2. The highest BCUT2D eigenvalue weighted by Gasteiger charge is 2.52. The van der Waals surface area contributed by atoms with Gasteiger partial charge < -0.3 is 4.74 Å². The number of aryl methyl sites for hydroxylation is 1. The van der Waals surface area contributed by atoms with Crippen molar-refractivity contribution in [2.24, 2.45) is 0 Å². The van der Waals surface area contributed by atoms with E-state index < -0.39 is 26.4 Å². The number of carbonyl (C=O) groups excluding carboxylic acids is 1. The van der Waals surface area contributed by atoms with Gasteiger partial charge in [-0.2, -0.15) is 0 Å². The van der Waals surface area contributed by atoms with Crippen molar-refractivity contribution in [1.29, 1.82) is 0 Å². The van der Waals surface area contributed by atoms with Crippen molar-refractivity contribution in [3.05, 3.63) is 42.4 Å². The number of benzene rings is 1. The number of hydrogen-bond acceptors (Lipinski definition) is 7. The molecule has 2 aromatic rings. The summed E-state index contributed by atoms with van der Waals surface area (Å²) in [5.41, 5.74) is 2.93. The highest BCUT2D eigenvalue weighted by Crippen LogP contribution is 2.35. The molecule has 1 saturated heterocycles. The standard InChI is InChI=1S/C20H23F2N3O5S.ClH/c1-19(21,22)7-6-15-12-24-17(13-23-15)14-2-4-16(5-3-14)31(28,29)20(18(26)25-27)8-10-30-11-9-20;/h2-5,12-13,27H,6-11H2,1H3,(H,25,26);1H. The number of nitrogens with zero attached hydrogens (tertiary/aromatic N) is 2. The molecule has 176 valence electrons. The van der Waals surface area contributed by atoms with E-state index in [-0.39, 0.29) is 56.2 Å². The predicted octanol–water partition coefficient (Wildman–Crippen LogP) is 2.98. The molecular weight excluding hydrogens is 468 g/mol. The van der Waals surface area contributed by atoms with Gasteiger partial charge in [-0.15, -0.1) is 12.4 Å². The van der Waals surface area contributed by atoms with E-state index in [1.165, 1.54) is 42.1 Å². The number of sulfone groups is 1. The zero-order valence-corrected chi connectivity index (χ0v) is 18.9. The zero-order valence-electron chi connectivity index (χ0n) is 17.3. The van der Waals surface area contributed by atoms with Gasteiger partial charge in [0.1, 0.15) is 0 Å². The number of hydroxylamine groups is 1. The Hall–Kier alpha value is -2.21. The van der Waals surface area contributed by atoms with Gasteiger partial charge in [-0.25, -0.2) is 22.7 Å². The Balaban J connectivity index is 0.00000363. The largest absolute Gasteiger partial charge is 0.381 e. The molecule has 1 fully saturated rings. The Kier molecular flexibility index (Phi) is 8.27. The zero-order chi connectivity index (χ0) is 22.7. The van der Waals surface area contributed by atoms with E-state index in [0.717, 1.165) is 6.92 Å². The molecule has 0 radical (unpaired) electrons. The fraction of sp³-hybridized carbons (Fsp3) is 0.450. The van der Waals surface area contributed by atoms with Gasteiger partial charge in [0.15, 0.2) is 14.6 Å². The average molecular weight is 492 g/mol. The van der Waals surface area contributed by atoms with Crippen molar-refractivity contribution >= 4 is 28.2 Å². The van der Waals surface area contributed by atoms with E-state index >= 15 is 0 Å². The molecule has 0 unspecified atom stereocenters. The van der Waals surface area contributed by atoms with E-state index in [9.17, 15) is 22.0 Å². The van der Waals surface area contributed by atoms with E-state index in [1.807, 2.05) is 0 Å². The van der Waals surface area contributed by atoms with Gasteiger partial charge in [0.05, 0.1) is 22.5 Å². The minimum Gasteiger partial charge on any atom is -0.381 e. The van der Waals surface area contributed by atoms with E-state index in [4.69, 9.17) is 9.94 Å². The minimum atomic E-state index is -4.12. The molecule has 0 spiro atoms. The van der Waals surface area contributed by atoms with Crippen LogP contribution >= 0.6 is 12.4 Å². The third kappa shape index (κ3) is 5.40. The topological polar surface area (TPSA) is 118 Å². The van der Waals surface area contributed by atoms with Gasteiger partial charge >= 0.3 is 0 Å². The molecule has 0 saturated carbocycles. The van der Waals surface area contributed by atoms with Crippen molar-refractivity contribution in [3.8, 4) is 11.3 Å². The summed E-state index contributed by atoms with van der Waals surface area (Å²) in [5.74, 6) is -3.77. The molecule has 0 aliphatic carbocycles. The monoisotopic (exact) mass is 491 g/mol. The quantitative estimate of drug-likeness (QED) is 0.451. The summed E-state index contributed by atoms with van der Waals surface area (Å²) in [4.78, 5) is 20.6. The number of aromatic nitrogens is 2. The second-order valence-electron chi connectivity index (χ2n) is 7.54. The molecule has 0 atom stereocenters. The molecule has 3 rings (SSSR count). The summed E-state index contributed by atoms with van der Waals surface area (Å²) in [6, 6.07) is 5.78. The fourth-order valence-corrected chi connectivity index (χ4v) is 5.37. The van der Waals surface area contributed by atoms with Gasteiger partial charge in [-0.1, -0.05) is 12.1 Å². The van der Waals surface area contributed by atoms with Crippen LogP contribution in [0.5, 0.6) is 0 Å². The third-order valence-electron chi connectivity index (χ3n) is 5.32. The number of halogens is 3.